The maximum atomic E-state index is 12.2. The van der Waals surface area contributed by atoms with Gasteiger partial charge in [-0.3, -0.25) is 9.89 Å². The molecule has 2 aromatic heterocycles. The van der Waals surface area contributed by atoms with E-state index in [1.165, 1.54) is 0 Å². The lowest BCUT2D eigenvalue weighted by molar-refractivity contribution is -0.121. The topological polar surface area (TPSA) is 106 Å². The van der Waals surface area contributed by atoms with Crippen molar-refractivity contribution in [3.8, 4) is 17.1 Å². The summed E-state index contributed by atoms with van der Waals surface area (Å²) in [6, 6.07) is 7.41. The molecule has 0 bridgehead atoms. The van der Waals surface area contributed by atoms with E-state index in [9.17, 15) is 4.79 Å². The lowest BCUT2D eigenvalue weighted by Gasteiger charge is -2.14. The Morgan fingerprint density at radius 1 is 1.32 bits per heavy atom. The lowest BCUT2D eigenvalue weighted by Crippen LogP contribution is -2.27. The van der Waals surface area contributed by atoms with E-state index >= 15 is 0 Å². The van der Waals surface area contributed by atoms with E-state index in [0.717, 1.165) is 22.5 Å². The number of carbonyl (C=O) groups excluding carboxylic acids is 1. The van der Waals surface area contributed by atoms with Gasteiger partial charge in [-0.2, -0.15) is 10.1 Å². The van der Waals surface area contributed by atoms with Gasteiger partial charge in [-0.15, -0.1) is 0 Å². The van der Waals surface area contributed by atoms with Crippen LogP contribution in [0.5, 0.6) is 5.75 Å². The van der Waals surface area contributed by atoms with Crippen LogP contribution in [-0.2, 0) is 11.2 Å². The summed E-state index contributed by atoms with van der Waals surface area (Å²) in [6.07, 6.45) is 1.54. The zero-order valence-corrected chi connectivity index (χ0v) is 16.6. The Kier molecular flexibility index (Phi) is 6.08. The van der Waals surface area contributed by atoms with Crippen molar-refractivity contribution in [1.82, 2.24) is 25.7 Å². The highest BCUT2D eigenvalue weighted by Crippen LogP contribution is 2.27. The second kappa shape index (κ2) is 8.69. The lowest BCUT2D eigenvalue weighted by atomic mass is 10.1. The van der Waals surface area contributed by atoms with Crippen LogP contribution in [0.2, 0.25) is 0 Å². The summed E-state index contributed by atoms with van der Waals surface area (Å²) in [6.45, 7) is 5.84. The Labute approximate surface area is 163 Å². The Bertz CT molecular complexity index is 927. The first-order valence-corrected chi connectivity index (χ1v) is 9.26. The number of aromatic nitrogens is 4. The maximum absolute atomic E-state index is 12.2. The molecular weight excluding hydrogens is 358 g/mol. The van der Waals surface area contributed by atoms with Crippen molar-refractivity contribution < 1.29 is 14.1 Å². The summed E-state index contributed by atoms with van der Waals surface area (Å²) in [4.78, 5) is 16.7. The number of aryl methyl sites for hydroxylation is 3. The smallest absolute Gasteiger partial charge is 0.226 e. The fourth-order valence-corrected chi connectivity index (χ4v) is 3.28. The van der Waals surface area contributed by atoms with E-state index in [4.69, 9.17) is 9.26 Å². The molecule has 1 amide bonds. The van der Waals surface area contributed by atoms with Gasteiger partial charge in [0.25, 0.3) is 0 Å². The van der Waals surface area contributed by atoms with Crippen molar-refractivity contribution in [3.05, 3.63) is 47.1 Å². The monoisotopic (exact) mass is 383 g/mol. The summed E-state index contributed by atoms with van der Waals surface area (Å²) in [7, 11) is 1.60. The number of nitrogens with one attached hydrogen (secondary N) is 2. The quantitative estimate of drug-likeness (QED) is 0.618. The second-order valence-electron chi connectivity index (χ2n) is 6.70. The summed E-state index contributed by atoms with van der Waals surface area (Å²) >= 11 is 0. The molecule has 0 aliphatic carbocycles. The van der Waals surface area contributed by atoms with E-state index in [1.807, 2.05) is 45.0 Å². The minimum Gasteiger partial charge on any atom is -0.496 e. The minimum absolute atomic E-state index is 0.0167. The fraction of sp³-hybridized carbons (Fsp3) is 0.400. The zero-order chi connectivity index (χ0) is 20.1. The molecule has 0 spiro atoms. The number of ether oxygens (including phenoxy) is 1. The van der Waals surface area contributed by atoms with E-state index in [0.29, 0.717) is 36.7 Å². The van der Waals surface area contributed by atoms with Crippen LogP contribution in [0.4, 0.5) is 0 Å². The van der Waals surface area contributed by atoms with Crippen LogP contribution < -0.4 is 10.1 Å². The molecule has 2 heterocycles. The third-order valence-electron chi connectivity index (χ3n) is 4.61. The molecule has 0 saturated carbocycles. The Morgan fingerprint density at radius 2 is 2.11 bits per heavy atom. The average molecular weight is 383 g/mol. The van der Waals surface area contributed by atoms with Crippen molar-refractivity contribution in [3.63, 3.8) is 0 Å². The molecule has 0 radical (unpaired) electrons. The number of rotatable bonds is 8. The van der Waals surface area contributed by atoms with Crippen LogP contribution in [0.1, 0.15) is 48.6 Å². The zero-order valence-electron chi connectivity index (χ0n) is 16.6. The summed E-state index contributed by atoms with van der Waals surface area (Å²) < 4.78 is 10.6. The van der Waals surface area contributed by atoms with Crippen molar-refractivity contribution in [2.24, 2.45) is 0 Å². The van der Waals surface area contributed by atoms with Gasteiger partial charge < -0.3 is 14.6 Å². The number of carbonyl (C=O) groups is 1. The van der Waals surface area contributed by atoms with Crippen LogP contribution in [-0.4, -0.2) is 33.4 Å². The molecule has 0 aliphatic rings. The highest BCUT2D eigenvalue weighted by atomic mass is 16.5. The van der Waals surface area contributed by atoms with Gasteiger partial charge in [0, 0.05) is 24.1 Å². The number of amides is 1. The molecule has 8 nitrogen and oxygen atoms in total. The molecule has 0 aliphatic heterocycles. The van der Waals surface area contributed by atoms with Gasteiger partial charge >= 0.3 is 0 Å². The third-order valence-corrected chi connectivity index (χ3v) is 4.61. The molecule has 8 heteroatoms. The summed E-state index contributed by atoms with van der Waals surface area (Å²) in [5, 5.41) is 14.1. The number of aromatic amines is 1. The number of nitrogens with zero attached hydrogens (tertiary/aromatic N) is 3. The predicted octanol–water partition coefficient (Wildman–Crippen LogP) is 3.29. The Hall–Kier alpha value is -3.16. The number of hydrogen-bond acceptors (Lipinski definition) is 6. The SMILES string of the molecule is COc1ccccc1-c1noc(CCCC(=O)N[C@H](C)c2c(C)n[nH]c2C)n1. The Morgan fingerprint density at radius 3 is 2.82 bits per heavy atom. The number of methoxy groups -OCH3 is 1. The van der Waals surface area contributed by atoms with E-state index < -0.39 is 0 Å². The Balaban J connectivity index is 1.51. The average Bonchev–Trinajstić information content (AvgIpc) is 3.28. The molecule has 3 rings (SSSR count). The molecular formula is C20H25N5O3. The third kappa shape index (κ3) is 4.39. The molecule has 2 N–H and O–H groups in total. The molecule has 0 unspecified atom stereocenters. The first kappa shape index (κ1) is 19.6. The number of para-hydroxylation sites is 1. The summed E-state index contributed by atoms with van der Waals surface area (Å²) in [5.41, 5.74) is 3.68. The van der Waals surface area contributed by atoms with Gasteiger partial charge in [-0.05, 0) is 39.3 Å². The van der Waals surface area contributed by atoms with Crippen molar-refractivity contribution in [1.29, 1.82) is 0 Å². The van der Waals surface area contributed by atoms with E-state index in [1.54, 1.807) is 7.11 Å². The number of H-pyrrole nitrogens is 1. The van der Waals surface area contributed by atoms with Gasteiger partial charge in [0.1, 0.15) is 5.75 Å². The second-order valence-corrected chi connectivity index (χ2v) is 6.70. The molecule has 0 fully saturated rings. The maximum Gasteiger partial charge on any atom is 0.226 e. The predicted molar refractivity (Wildman–Crippen MR) is 104 cm³/mol. The highest BCUT2D eigenvalue weighted by molar-refractivity contribution is 5.76. The number of benzene rings is 1. The van der Waals surface area contributed by atoms with E-state index in [-0.39, 0.29) is 11.9 Å². The summed E-state index contributed by atoms with van der Waals surface area (Å²) in [5.74, 6) is 1.66. The highest BCUT2D eigenvalue weighted by Gasteiger charge is 2.17. The van der Waals surface area contributed by atoms with Gasteiger partial charge in [0.15, 0.2) is 0 Å². The first-order valence-electron chi connectivity index (χ1n) is 9.26. The van der Waals surface area contributed by atoms with Crippen LogP contribution in [0, 0.1) is 13.8 Å². The van der Waals surface area contributed by atoms with Gasteiger partial charge in [-0.25, -0.2) is 0 Å². The van der Waals surface area contributed by atoms with Crippen LogP contribution >= 0.6 is 0 Å². The molecule has 3 aromatic rings. The van der Waals surface area contributed by atoms with Crippen LogP contribution in [0.15, 0.2) is 28.8 Å². The normalized spacial score (nSPS) is 12.0. The van der Waals surface area contributed by atoms with E-state index in [2.05, 4.69) is 25.7 Å². The first-order chi connectivity index (χ1) is 13.5. The minimum atomic E-state index is -0.0909. The van der Waals surface area contributed by atoms with Gasteiger partial charge in [-0.1, -0.05) is 17.3 Å². The van der Waals surface area contributed by atoms with Gasteiger partial charge in [0.2, 0.25) is 17.6 Å². The number of hydrogen-bond donors (Lipinski definition) is 2. The largest absolute Gasteiger partial charge is 0.496 e. The van der Waals surface area contributed by atoms with Crippen LogP contribution in [0.25, 0.3) is 11.4 Å². The fourth-order valence-electron chi connectivity index (χ4n) is 3.28. The van der Waals surface area contributed by atoms with Crippen molar-refractivity contribution >= 4 is 5.91 Å². The van der Waals surface area contributed by atoms with Crippen molar-refractivity contribution in [2.45, 2.75) is 46.1 Å². The molecule has 1 atom stereocenters. The van der Waals surface area contributed by atoms with Crippen molar-refractivity contribution in [2.75, 3.05) is 7.11 Å². The molecule has 28 heavy (non-hydrogen) atoms. The van der Waals surface area contributed by atoms with Crippen LogP contribution in [0.3, 0.4) is 0 Å². The molecule has 148 valence electrons. The van der Waals surface area contributed by atoms with Gasteiger partial charge in [0.05, 0.1) is 24.4 Å². The standard InChI is InChI=1S/C20H25N5O3/c1-12(19-13(2)23-24-14(19)3)21-17(26)10-7-11-18-22-20(25-28-18)15-8-5-6-9-16(15)27-4/h5-6,8-9,12H,7,10-11H2,1-4H3,(H,21,26)(H,23,24)/t12-/m1/s1. The molecule has 1 aromatic carbocycles. The molecule has 0 saturated heterocycles.